The van der Waals surface area contributed by atoms with E-state index in [-0.39, 0.29) is 0 Å². The summed E-state index contributed by atoms with van der Waals surface area (Å²) in [5, 5.41) is 3.43. The lowest BCUT2D eigenvalue weighted by molar-refractivity contribution is -0.0251. The van der Waals surface area contributed by atoms with E-state index in [0.717, 1.165) is 51.5 Å². The lowest BCUT2D eigenvalue weighted by Crippen LogP contribution is -2.46. The lowest BCUT2D eigenvalue weighted by Gasteiger charge is -2.32. The largest absolute Gasteiger partial charge is 0.469 e. The molecule has 96 valence electrons. The number of likely N-dealkylation sites (N-methyl/N-ethyl adjacent to an activating group) is 1. The van der Waals surface area contributed by atoms with Crippen molar-refractivity contribution in [2.75, 3.05) is 39.3 Å². The van der Waals surface area contributed by atoms with Gasteiger partial charge in [-0.25, -0.2) is 0 Å². The third-order valence-electron chi connectivity index (χ3n) is 3.17. The van der Waals surface area contributed by atoms with Crippen molar-refractivity contribution in [3.8, 4) is 0 Å². The fraction of sp³-hybridized carbons (Fsp3) is 0.692. The highest BCUT2D eigenvalue weighted by atomic mass is 16.5. The van der Waals surface area contributed by atoms with E-state index in [2.05, 4.69) is 17.1 Å². The summed E-state index contributed by atoms with van der Waals surface area (Å²) >= 11 is 0. The van der Waals surface area contributed by atoms with Gasteiger partial charge in [0.1, 0.15) is 5.76 Å². The Morgan fingerprint density at radius 3 is 3.24 bits per heavy atom. The number of ether oxygens (including phenoxy) is 1. The first-order chi connectivity index (χ1) is 8.38. The van der Waals surface area contributed by atoms with E-state index in [4.69, 9.17) is 9.15 Å². The molecule has 4 heteroatoms. The Bertz CT molecular complexity index is 300. The molecule has 1 aliphatic rings. The van der Waals surface area contributed by atoms with E-state index in [9.17, 15) is 0 Å². The van der Waals surface area contributed by atoms with Gasteiger partial charge in [0, 0.05) is 32.6 Å². The molecule has 1 N–H and O–H groups in total. The fourth-order valence-electron chi connectivity index (χ4n) is 2.12. The zero-order valence-corrected chi connectivity index (χ0v) is 10.5. The summed E-state index contributed by atoms with van der Waals surface area (Å²) in [6.07, 6.45) is 3.00. The molecule has 0 spiro atoms. The highest BCUT2D eigenvalue weighted by molar-refractivity contribution is 4.98. The zero-order valence-electron chi connectivity index (χ0n) is 10.5. The van der Waals surface area contributed by atoms with Crippen molar-refractivity contribution in [1.82, 2.24) is 10.2 Å². The molecule has 1 atom stereocenters. The molecule has 1 aliphatic heterocycles. The van der Waals surface area contributed by atoms with Gasteiger partial charge in [0.25, 0.3) is 0 Å². The molecule has 1 fully saturated rings. The predicted octanol–water partition coefficient (Wildman–Crippen LogP) is 1.13. The Hall–Kier alpha value is -0.840. The van der Waals surface area contributed by atoms with Gasteiger partial charge in [0.05, 0.1) is 19.0 Å². The molecule has 1 unspecified atom stereocenters. The number of morpholine rings is 1. The average Bonchev–Trinajstić information content (AvgIpc) is 2.88. The van der Waals surface area contributed by atoms with Crippen LogP contribution in [0.5, 0.6) is 0 Å². The maximum absolute atomic E-state index is 5.72. The number of rotatable bonds is 6. The van der Waals surface area contributed by atoms with Crippen molar-refractivity contribution < 1.29 is 9.15 Å². The van der Waals surface area contributed by atoms with Crippen molar-refractivity contribution in [2.45, 2.75) is 19.4 Å². The Labute approximate surface area is 103 Å². The average molecular weight is 238 g/mol. The second kappa shape index (κ2) is 6.79. The van der Waals surface area contributed by atoms with Gasteiger partial charge in [-0.1, -0.05) is 6.92 Å². The summed E-state index contributed by atoms with van der Waals surface area (Å²) in [4.78, 5) is 2.43. The van der Waals surface area contributed by atoms with E-state index < -0.39 is 0 Å². The molecule has 0 bridgehead atoms. The van der Waals surface area contributed by atoms with Crippen LogP contribution >= 0.6 is 0 Å². The number of furan rings is 1. The van der Waals surface area contributed by atoms with Crippen molar-refractivity contribution in [2.24, 2.45) is 0 Å². The van der Waals surface area contributed by atoms with Crippen molar-refractivity contribution in [1.29, 1.82) is 0 Å². The first kappa shape index (κ1) is 12.6. The van der Waals surface area contributed by atoms with Gasteiger partial charge in [-0.05, 0) is 18.7 Å². The van der Waals surface area contributed by atoms with Crippen molar-refractivity contribution in [3.05, 3.63) is 24.2 Å². The molecule has 0 aliphatic carbocycles. The molecule has 0 saturated carbocycles. The Morgan fingerprint density at radius 1 is 1.53 bits per heavy atom. The Balaban J connectivity index is 1.58. The third-order valence-corrected chi connectivity index (χ3v) is 3.17. The molecule has 17 heavy (non-hydrogen) atoms. The summed E-state index contributed by atoms with van der Waals surface area (Å²) in [6.45, 7) is 8.16. The van der Waals surface area contributed by atoms with E-state index in [1.54, 1.807) is 6.26 Å². The summed E-state index contributed by atoms with van der Waals surface area (Å²) < 4.78 is 11.0. The SMILES string of the molecule is CCN1CCOC(CNCCc2ccco2)C1. The van der Waals surface area contributed by atoms with Crippen molar-refractivity contribution in [3.63, 3.8) is 0 Å². The second-order valence-electron chi connectivity index (χ2n) is 4.42. The molecule has 0 aromatic carbocycles. The van der Waals surface area contributed by atoms with Crippen LogP contribution in [0.4, 0.5) is 0 Å². The third kappa shape index (κ3) is 4.15. The van der Waals surface area contributed by atoms with Crippen LogP contribution in [0.25, 0.3) is 0 Å². The van der Waals surface area contributed by atoms with E-state index in [1.807, 2.05) is 12.1 Å². The van der Waals surface area contributed by atoms with Gasteiger partial charge in [-0.15, -0.1) is 0 Å². The highest BCUT2D eigenvalue weighted by Crippen LogP contribution is 2.04. The molecule has 1 saturated heterocycles. The summed E-state index contributed by atoms with van der Waals surface area (Å²) in [5.41, 5.74) is 0. The van der Waals surface area contributed by atoms with Gasteiger partial charge in [0.15, 0.2) is 0 Å². The van der Waals surface area contributed by atoms with Crippen LogP contribution in [0.3, 0.4) is 0 Å². The molecule has 1 aromatic heterocycles. The smallest absolute Gasteiger partial charge is 0.105 e. The minimum absolute atomic E-state index is 0.334. The molecular formula is C13H22N2O2. The van der Waals surface area contributed by atoms with Gasteiger partial charge in [-0.2, -0.15) is 0 Å². The Kier molecular flexibility index (Phi) is 5.04. The molecule has 1 aromatic rings. The quantitative estimate of drug-likeness (QED) is 0.754. The van der Waals surface area contributed by atoms with Gasteiger partial charge in [-0.3, -0.25) is 4.90 Å². The standard InChI is InChI=1S/C13H22N2O2/c1-2-15-7-9-17-13(11-15)10-14-6-5-12-4-3-8-16-12/h3-4,8,13-14H,2,5-7,9-11H2,1H3. The van der Waals surface area contributed by atoms with Crippen LogP contribution in [0.15, 0.2) is 22.8 Å². The minimum atomic E-state index is 0.334. The van der Waals surface area contributed by atoms with Gasteiger partial charge < -0.3 is 14.5 Å². The first-order valence-electron chi connectivity index (χ1n) is 6.45. The zero-order chi connectivity index (χ0) is 11.9. The van der Waals surface area contributed by atoms with Crippen molar-refractivity contribution >= 4 is 0 Å². The monoisotopic (exact) mass is 238 g/mol. The molecule has 2 rings (SSSR count). The van der Waals surface area contributed by atoms with E-state index in [1.165, 1.54) is 0 Å². The fourth-order valence-corrected chi connectivity index (χ4v) is 2.12. The number of nitrogens with zero attached hydrogens (tertiary/aromatic N) is 1. The number of nitrogens with one attached hydrogen (secondary N) is 1. The minimum Gasteiger partial charge on any atom is -0.469 e. The maximum Gasteiger partial charge on any atom is 0.105 e. The van der Waals surface area contributed by atoms with Crippen LogP contribution in [0, 0.1) is 0 Å². The van der Waals surface area contributed by atoms with Gasteiger partial charge >= 0.3 is 0 Å². The topological polar surface area (TPSA) is 37.6 Å². The normalized spacial score (nSPS) is 21.8. The maximum atomic E-state index is 5.72. The molecule has 0 radical (unpaired) electrons. The Morgan fingerprint density at radius 2 is 2.47 bits per heavy atom. The van der Waals surface area contributed by atoms with Crippen LogP contribution in [0.2, 0.25) is 0 Å². The first-order valence-corrected chi connectivity index (χ1v) is 6.45. The molecule has 4 nitrogen and oxygen atoms in total. The van der Waals surface area contributed by atoms with Crippen LogP contribution in [-0.2, 0) is 11.2 Å². The predicted molar refractivity (Wildman–Crippen MR) is 67.1 cm³/mol. The van der Waals surface area contributed by atoms with E-state index in [0.29, 0.717) is 6.10 Å². The second-order valence-corrected chi connectivity index (χ2v) is 4.42. The molecule has 0 amide bonds. The summed E-state index contributed by atoms with van der Waals surface area (Å²) in [7, 11) is 0. The van der Waals surface area contributed by atoms with Crippen LogP contribution in [0.1, 0.15) is 12.7 Å². The van der Waals surface area contributed by atoms with Crippen LogP contribution < -0.4 is 5.32 Å². The van der Waals surface area contributed by atoms with Gasteiger partial charge in [0.2, 0.25) is 0 Å². The number of hydrogen-bond donors (Lipinski definition) is 1. The molecule has 2 heterocycles. The lowest BCUT2D eigenvalue weighted by atomic mass is 10.2. The summed E-state index contributed by atoms with van der Waals surface area (Å²) in [5.74, 6) is 1.04. The van der Waals surface area contributed by atoms with Crippen LogP contribution in [-0.4, -0.2) is 50.3 Å². The molecular weight excluding hydrogens is 216 g/mol. The highest BCUT2D eigenvalue weighted by Gasteiger charge is 2.18. The number of hydrogen-bond acceptors (Lipinski definition) is 4. The summed E-state index contributed by atoms with van der Waals surface area (Å²) in [6, 6.07) is 3.94. The van der Waals surface area contributed by atoms with E-state index >= 15 is 0 Å².